The number of carbonyl (C=O) groups is 1. The van der Waals surface area contributed by atoms with E-state index < -0.39 is 0 Å². The number of rotatable bonds is 3. The summed E-state index contributed by atoms with van der Waals surface area (Å²) in [5.74, 6) is 0.141. The first-order chi connectivity index (χ1) is 11.0. The van der Waals surface area contributed by atoms with Gasteiger partial charge in [-0.2, -0.15) is 0 Å². The lowest BCUT2D eigenvalue weighted by Crippen LogP contribution is -2.31. The summed E-state index contributed by atoms with van der Waals surface area (Å²) in [7, 11) is 0. The standard InChI is InChI=1S/C18H17Cl2NOS/c1-3-16-17(22)21(15-7-5-4-6-11(15)2)18(23-16)13-9-8-12(19)10-14(13)20/h4-10,16,18H,3H2,1-2H3. The molecule has 2 aromatic rings. The molecule has 23 heavy (non-hydrogen) atoms. The minimum atomic E-state index is -0.127. The Bertz CT molecular complexity index is 750. The van der Waals surface area contributed by atoms with Gasteiger partial charge in [0, 0.05) is 21.3 Å². The molecule has 1 saturated heterocycles. The molecule has 3 rings (SSSR count). The Kier molecular flexibility index (Phi) is 4.90. The van der Waals surface area contributed by atoms with E-state index in [1.165, 1.54) is 0 Å². The second-order valence-corrected chi connectivity index (χ2v) is 7.68. The molecule has 1 heterocycles. The van der Waals surface area contributed by atoms with Crippen molar-refractivity contribution in [2.45, 2.75) is 30.9 Å². The average molecular weight is 366 g/mol. The van der Waals surface area contributed by atoms with Crippen molar-refractivity contribution in [1.29, 1.82) is 0 Å². The average Bonchev–Trinajstić information content (AvgIpc) is 2.84. The van der Waals surface area contributed by atoms with Gasteiger partial charge in [0.1, 0.15) is 5.37 Å². The zero-order chi connectivity index (χ0) is 16.6. The lowest BCUT2D eigenvalue weighted by molar-refractivity contribution is -0.117. The highest BCUT2D eigenvalue weighted by Crippen LogP contribution is 2.49. The number of para-hydroxylation sites is 1. The number of carbonyl (C=O) groups excluding carboxylic acids is 1. The van der Waals surface area contributed by atoms with E-state index >= 15 is 0 Å². The maximum Gasteiger partial charge on any atom is 0.241 e. The highest BCUT2D eigenvalue weighted by atomic mass is 35.5. The number of aryl methyl sites for hydroxylation is 1. The lowest BCUT2D eigenvalue weighted by atomic mass is 10.1. The summed E-state index contributed by atoms with van der Waals surface area (Å²) in [4.78, 5) is 14.8. The van der Waals surface area contributed by atoms with Gasteiger partial charge in [-0.15, -0.1) is 11.8 Å². The zero-order valence-corrected chi connectivity index (χ0v) is 15.3. The maximum absolute atomic E-state index is 12.9. The molecular formula is C18H17Cl2NOS. The summed E-state index contributed by atoms with van der Waals surface area (Å²) in [5.41, 5.74) is 2.94. The Morgan fingerprint density at radius 2 is 1.91 bits per heavy atom. The first-order valence-corrected chi connectivity index (χ1v) is 9.22. The van der Waals surface area contributed by atoms with Gasteiger partial charge in [0.15, 0.2) is 0 Å². The molecule has 0 bridgehead atoms. The molecule has 1 aliphatic rings. The summed E-state index contributed by atoms with van der Waals surface area (Å²) >= 11 is 14.1. The number of halogens is 2. The second-order valence-electron chi connectivity index (χ2n) is 5.55. The van der Waals surface area contributed by atoms with E-state index in [2.05, 4.69) is 0 Å². The highest BCUT2D eigenvalue weighted by molar-refractivity contribution is 8.01. The van der Waals surface area contributed by atoms with Crippen LogP contribution in [0.5, 0.6) is 0 Å². The predicted molar refractivity (Wildman–Crippen MR) is 99.5 cm³/mol. The first kappa shape index (κ1) is 16.7. The van der Waals surface area contributed by atoms with Crippen molar-refractivity contribution in [2.24, 2.45) is 0 Å². The molecule has 2 nitrogen and oxygen atoms in total. The molecular weight excluding hydrogens is 349 g/mol. The fourth-order valence-electron chi connectivity index (χ4n) is 2.81. The predicted octanol–water partition coefficient (Wildman–Crippen LogP) is 5.86. The van der Waals surface area contributed by atoms with Crippen LogP contribution in [-0.4, -0.2) is 11.2 Å². The number of thioether (sulfide) groups is 1. The Labute approximate surface area is 150 Å². The van der Waals surface area contributed by atoms with Crippen LogP contribution in [0.4, 0.5) is 5.69 Å². The molecule has 2 unspecified atom stereocenters. The van der Waals surface area contributed by atoms with Crippen LogP contribution in [-0.2, 0) is 4.79 Å². The van der Waals surface area contributed by atoms with Crippen LogP contribution in [0, 0.1) is 6.92 Å². The molecule has 1 aliphatic heterocycles. The van der Waals surface area contributed by atoms with Gasteiger partial charge >= 0.3 is 0 Å². The summed E-state index contributed by atoms with van der Waals surface area (Å²) in [6, 6.07) is 13.4. The van der Waals surface area contributed by atoms with E-state index in [1.54, 1.807) is 17.8 Å². The van der Waals surface area contributed by atoms with Crippen molar-refractivity contribution in [3.8, 4) is 0 Å². The van der Waals surface area contributed by atoms with Gasteiger partial charge in [-0.1, -0.05) is 54.4 Å². The van der Waals surface area contributed by atoms with Gasteiger partial charge < -0.3 is 0 Å². The number of amides is 1. The van der Waals surface area contributed by atoms with Gasteiger partial charge in [0.2, 0.25) is 5.91 Å². The minimum Gasteiger partial charge on any atom is -0.294 e. The van der Waals surface area contributed by atoms with Crippen molar-refractivity contribution < 1.29 is 4.79 Å². The van der Waals surface area contributed by atoms with Crippen LogP contribution in [0.2, 0.25) is 10.0 Å². The Morgan fingerprint density at radius 3 is 2.57 bits per heavy atom. The van der Waals surface area contributed by atoms with Crippen molar-refractivity contribution >= 4 is 46.6 Å². The van der Waals surface area contributed by atoms with Crippen LogP contribution in [0.15, 0.2) is 42.5 Å². The Balaban J connectivity index is 2.10. The largest absolute Gasteiger partial charge is 0.294 e. The molecule has 5 heteroatoms. The smallest absolute Gasteiger partial charge is 0.241 e. The molecule has 2 atom stereocenters. The van der Waals surface area contributed by atoms with E-state index in [0.717, 1.165) is 23.2 Å². The first-order valence-electron chi connectivity index (χ1n) is 7.52. The molecule has 0 N–H and O–H groups in total. The maximum atomic E-state index is 12.9. The molecule has 2 aromatic carbocycles. The Hall–Kier alpha value is -1.16. The molecule has 0 aromatic heterocycles. The normalized spacial score (nSPS) is 21.0. The zero-order valence-electron chi connectivity index (χ0n) is 12.9. The van der Waals surface area contributed by atoms with Crippen molar-refractivity contribution in [3.63, 3.8) is 0 Å². The van der Waals surface area contributed by atoms with Crippen molar-refractivity contribution in [1.82, 2.24) is 0 Å². The monoisotopic (exact) mass is 365 g/mol. The van der Waals surface area contributed by atoms with Gasteiger partial charge in [0.05, 0.1) is 5.25 Å². The van der Waals surface area contributed by atoms with Crippen LogP contribution in [0.1, 0.15) is 29.8 Å². The molecule has 1 fully saturated rings. The third kappa shape index (κ3) is 3.10. The molecule has 0 radical (unpaired) electrons. The number of nitrogens with zero attached hydrogens (tertiary/aromatic N) is 1. The number of hydrogen-bond donors (Lipinski definition) is 0. The molecule has 1 amide bonds. The van der Waals surface area contributed by atoms with Gasteiger partial charge in [0.25, 0.3) is 0 Å². The van der Waals surface area contributed by atoms with Crippen molar-refractivity contribution in [2.75, 3.05) is 4.90 Å². The van der Waals surface area contributed by atoms with Gasteiger partial charge in [-0.05, 0) is 37.1 Å². The highest BCUT2D eigenvalue weighted by Gasteiger charge is 2.42. The van der Waals surface area contributed by atoms with Gasteiger partial charge in [-0.3, -0.25) is 9.69 Å². The molecule has 0 spiro atoms. The van der Waals surface area contributed by atoms with Gasteiger partial charge in [-0.25, -0.2) is 0 Å². The molecule has 0 aliphatic carbocycles. The van der Waals surface area contributed by atoms with E-state index in [4.69, 9.17) is 23.2 Å². The topological polar surface area (TPSA) is 20.3 Å². The van der Waals surface area contributed by atoms with E-state index in [-0.39, 0.29) is 16.5 Å². The fourth-order valence-corrected chi connectivity index (χ4v) is 4.81. The quantitative estimate of drug-likeness (QED) is 0.678. The van der Waals surface area contributed by atoms with E-state index in [1.807, 2.05) is 55.1 Å². The summed E-state index contributed by atoms with van der Waals surface area (Å²) in [6.07, 6.45) is 0.799. The van der Waals surface area contributed by atoms with Crippen LogP contribution in [0.3, 0.4) is 0 Å². The fraction of sp³-hybridized carbons (Fsp3) is 0.278. The van der Waals surface area contributed by atoms with Crippen LogP contribution in [0.25, 0.3) is 0 Å². The van der Waals surface area contributed by atoms with E-state index in [9.17, 15) is 4.79 Å². The Morgan fingerprint density at radius 1 is 1.17 bits per heavy atom. The lowest BCUT2D eigenvalue weighted by Gasteiger charge is -2.26. The minimum absolute atomic E-state index is 0.0497. The van der Waals surface area contributed by atoms with E-state index in [0.29, 0.717) is 10.0 Å². The SMILES string of the molecule is CCC1SC(c2ccc(Cl)cc2Cl)N(c2ccccc2C)C1=O. The summed E-state index contributed by atoms with van der Waals surface area (Å²) in [6.45, 7) is 4.06. The third-order valence-electron chi connectivity index (χ3n) is 4.01. The summed E-state index contributed by atoms with van der Waals surface area (Å²) < 4.78 is 0. The number of anilines is 1. The molecule has 0 saturated carbocycles. The molecule has 120 valence electrons. The summed E-state index contributed by atoms with van der Waals surface area (Å²) in [5, 5.41) is 1.02. The second kappa shape index (κ2) is 6.76. The number of hydrogen-bond acceptors (Lipinski definition) is 2. The third-order valence-corrected chi connectivity index (χ3v) is 6.16. The number of benzene rings is 2. The van der Waals surface area contributed by atoms with Crippen LogP contribution < -0.4 is 4.90 Å². The van der Waals surface area contributed by atoms with Crippen molar-refractivity contribution in [3.05, 3.63) is 63.6 Å². The van der Waals surface area contributed by atoms with Crippen LogP contribution >= 0.6 is 35.0 Å².